The number of carboxylic acid groups (broad SMARTS) is 1. The van der Waals surface area contributed by atoms with Crippen LogP contribution >= 0.6 is 11.8 Å². The van der Waals surface area contributed by atoms with Crippen LogP contribution in [0.5, 0.6) is 11.5 Å². The molecule has 1 aliphatic heterocycles. The number of hydrogen-bond donors (Lipinski definition) is 2. The fourth-order valence-corrected chi connectivity index (χ4v) is 3.59. The molecule has 0 atom stereocenters. The van der Waals surface area contributed by atoms with Gasteiger partial charge in [0.15, 0.2) is 5.17 Å². The zero-order valence-electron chi connectivity index (χ0n) is 16.0. The van der Waals surface area contributed by atoms with E-state index in [1.54, 1.807) is 13.1 Å². The maximum atomic E-state index is 12.6. The van der Waals surface area contributed by atoms with Gasteiger partial charge in [-0.2, -0.15) is 0 Å². The highest BCUT2D eigenvalue weighted by Gasteiger charge is 2.30. The lowest BCUT2D eigenvalue weighted by molar-refractivity contribution is -0.121. The maximum absolute atomic E-state index is 12.6. The lowest BCUT2D eigenvalue weighted by Crippen LogP contribution is -2.23. The van der Waals surface area contributed by atoms with E-state index in [0.717, 1.165) is 12.0 Å². The average Bonchev–Trinajstić information content (AvgIpc) is 2.95. The third-order valence-corrected chi connectivity index (χ3v) is 5.17. The van der Waals surface area contributed by atoms with Gasteiger partial charge in [-0.05, 0) is 42.5 Å². The minimum atomic E-state index is -1.22. The summed E-state index contributed by atoms with van der Waals surface area (Å²) in [6, 6.07) is 11.5. The van der Waals surface area contributed by atoms with Gasteiger partial charge >= 0.3 is 5.97 Å². The number of amidine groups is 1. The van der Waals surface area contributed by atoms with Gasteiger partial charge in [0.2, 0.25) is 0 Å². The minimum absolute atomic E-state index is 0.203. The number of amides is 1. The summed E-state index contributed by atoms with van der Waals surface area (Å²) in [7, 11) is 1.61. The number of phenols is 1. The van der Waals surface area contributed by atoms with Crippen molar-refractivity contribution in [3.05, 3.63) is 58.5 Å². The van der Waals surface area contributed by atoms with E-state index in [2.05, 4.69) is 4.99 Å². The van der Waals surface area contributed by atoms with Crippen molar-refractivity contribution in [2.24, 2.45) is 4.99 Å². The van der Waals surface area contributed by atoms with E-state index in [1.165, 1.54) is 34.9 Å². The Morgan fingerprint density at radius 3 is 2.72 bits per heavy atom. The monoisotopic (exact) mass is 412 g/mol. The van der Waals surface area contributed by atoms with Gasteiger partial charge in [0.25, 0.3) is 5.91 Å². The van der Waals surface area contributed by atoms with Crippen LogP contribution in [0.4, 0.5) is 5.69 Å². The number of carbonyl (C=O) groups is 2. The van der Waals surface area contributed by atoms with E-state index in [-0.39, 0.29) is 17.2 Å². The van der Waals surface area contributed by atoms with Gasteiger partial charge in [-0.25, -0.2) is 9.79 Å². The first-order valence-electron chi connectivity index (χ1n) is 8.95. The van der Waals surface area contributed by atoms with Crippen molar-refractivity contribution < 1.29 is 24.5 Å². The second kappa shape index (κ2) is 8.83. The molecule has 1 aliphatic rings. The van der Waals surface area contributed by atoms with Crippen molar-refractivity contribution in [1.29, 1.82) is 0 Å². The van der Waals surface area contributed by atoms with Crippen molar-refractivity contribution in [2.75, 3.05) is 13.7 Å². The van der Waals surface area contributed by atoms with Crippen LogP contribution in [0.1, 0.15) is 29.3 Å². The molecule has 8 heteroatoms. The quantitative estimate of drug-likeness (QED) is 0.693. The molecule has 0 saturated carbocycles. The van der Waals surface area contributed by atoms with Crippen LogP contribution in [0.15, 0.2) is 52.4 Å². The highest BCUT2D eigenvalue weighted by atomic mass is 32.2. The van der Waals surface area contributed by atoms with Crippen LogP contribution in [0.3, 0.4) is 0 Å². The number of carboxylic acids is 1. The molecular weight excluding hydrogens is 392 g/mol. The Kier molecular flexibility index (Phi) is 6.23. The molecule has 7 nitrogen and oxygen atoms in total. The first-order chi connectivity index (χ1) is 13.9. The number of hydrogen-bond acceptors (Lipinski definition) is 6. The Bertz CT molecular complexity index is 1020. The average molecular weight is 412 g/mol. The molecule has 2 N–H and O–H groups in total. The van der Waals surface area contributed by atoms with Crippen molar-refractivity contribution in [1.82, 2.24) is 4.90 Å². The number of ether oxygens (including phenoxy) is 1. The largest absolute Gasteiger partial charge is 0.507 e. The Labute approximate surface area is 172 Å². The van der Waals surface area contributed by atoms with Gasteiger partial charge in [-0.15, -0.1) is 0 Å². The van der Waals surface area contributed by atoms with Gasteiger partial charge in [-0.1, -0.05) is 25.1 Å². The number of thioether (sulfide) groups is 1. The van der Waals surface area contributed by atoms with Gasteiger partial charge < -0.3 is 14.9 Å². The fraction of sp³-hybridized carbons (Fsp3) is 0.190. The normalized spacial score (nSPS) is 16.6. The summed E-state index contributed by atoms with van der Waals surface area (Å²) in [6.07, 6.45) is 2.65. The Balaban J connectivity index is 1.88. The number of benzene rings is 2. The predicted molar refractivity (Wildman–Crippen MR) is 113 cm³/mol. The number of likely N-dealkylation sites (N-methyl/N-ethyl adjacent to an activating group) is 1. The molecule has 150 valence electrons. The fourth-order valence-electron chi connectivity index (χ4n) is 2.62. The number of aliphatic imine (C=N–C) groups is 1. The standard InChI is InChI=1S/C21H20N2O5S/c1-3-10-28-17-7-5-4-6-13(17)11-18-19(25)23(2)21(29-18)22-14-8-9-15(20(26)27)16(24)12-14/h4-9,11-12,24H,3,10H2,1-2H3,(H,26,27)/b18-11-,22-21?. The number of rotatable bonds is 6. The summed E-state index contributed by atoms with van der Waals surface area (Å²) < 4.78 is 5.74. The molecule has 2 aromatic carbocycles. The van der Waals surface area contributed by atoms with Crippen LogP contribution in [-0.4, -0.2) is 45.8 Å². The number of para-hydroxylation sites is 1. The lowest BCUT2D eigenvalue weighted by atomic mass is 10.2. The summed E-state index contributed by atoms with van der Waals surface area (Å²) in [4.78, 5) is 29.9. The molecule has 0 bridgehead atoms. The van der Waals surface area contributed by atoms with E-state index in [0.29, 0.717) is 28.1 Å². The molecule has 29 heavy (non-hydrogen) atoms. The van der Waals surface area contributed by atoms with E-state index in [1.807, 2.05) is 31.2 Å². The molecule has 0 aromatic heterocycles. The van der Waals surface area contributed by atoms with Crippen LogP contribution < -0.4 is 4.74 Å². The van der Waals surface area contributed by atoms with E-state index in [9.17, 15) is 14.7 Å². The molecule has 3 rings (SSSR count). The topological polar surface area (TPSA) is 99.4 Å². The van der Waals surface area contributed by atoms with Gasteiger partial charge in [0.05, 0.1) is 17.2 Å². The second-order valence-electron chi connectivity index (χ2n) is 6.26. The molecule has 1 saturated heterocycles. The van der Waals surface area contributed by atoms with Crippen molar-refractivity contribution in [2.45, 2.75) is 13.3 Å². The minimum Gasteiger partial charge on any atom is -0.507 e. The van der Waals surface area contributed by atoms with Crippen LogP contribution in [0, 0.1) is 0 Å². The first-order valence-corrected chi connectivity index (χ1v) is 9.76. The Morgan fingerprint density at radius 2 is 2.03 bits per heavy atom. The van der Waals surface area contributed by atoms with Gasteiger partial charge in [-0.3, -0.25) is 9.69 Å². The van der Waals surface area contributed by atoms with Crippen LogP contribution in [-0.2, 0) is 4.79 Å². The molecule has 0 spiro atoms. The summed E-state index contributed by atoms with van der Waals surface area (Å²) in [5.41, 5.74) is 0.944. The molecule has 0 radical (unpaired) electrons. The second-order valence-corrected chi connectivity index (χ2v) is 7.27. The number of aromatic hydroxyl groups is 1. The van der Waals surface area contributed by atoms with Gasteiger partial charge in [0.1, 0.15) is 17.1 Å². The summed E-state index contributed by atoms with van der Waals surface area (Å²) in [6.45, 7) is 2.61. The Morgan fingerprint density at radius 1 is 1.28 bits per heavy atom. The smallest absolute Gasteiger partial charge is 0.339 e. The number of nitrogens with zero attached hydrogens (tertiary/aromatic N) is 2. The highest BCUT2D eigenvalue weighted by Crippen LogP contribution is 2.35. The first kappa shape index (κ1) is 20.5. The number of aromatic carboxylic acids is 1. The van der Waals surface area contributed by atoms with Gasteiger partial charge in [0, 0.05) is 18.7 Å². The van der Waals surface area contributed by atoms with E-state index >= 15 is 0 Å². The van der Waals surface area contributed by atoms with Crippen LogP contribution in [0.25, 0.3) is 6.08 Å². The third-order valence-electron chi connectivity index (χ3n) is 4.11. The zero-order valence-corrected chi connectivity index (χ0v) is 16.8. The molecular formula is C21H20N2O5S. The molecule has 1 amide bonds. The predicted octanol–water partition coefficient (Wildman–Crippen LogP) is 4.11. The zero-order chi connectivity index (χ0) is 21.0. The SMILES string of the molecule is CCCOc1ccccc1/C=C1\SC(=Nc2ccc(C(=O)O)c(O)c2)N(C)C1=O. The molecule has 1 heterocycles. The summed E-state index contributed by atoms with van der Waals surface area (Å²) in [5.74, 6) is -1.10. The summed E-state index contributed by atoms with van der Waals surface area (Å²) >= 11 is 1.20. The van der Waals surface area contributed by atoms with Crippen LogP contribution in [0.2, 0.25) is 0 Å². The molecule has 0 unspecified atom stereocenters. The Hall–Kier alpha value is -3.26. The van der Waals surface area contributed by atoms with E-state index < -0.39 is 5.97 Å². The van der Waals surface area contributed by atoms with Crippen molar-refractivity contribution in [3.63, 3.8) is 0 Å². The molecule has 1 fully saturated rings. The van der Waals surface area contributed by atoms with Crippen molar-refractivity contribution >= 4 is 40.6 Å². The highest BCUT2D eigenvalue weighted by molar-refractivity contribution is 8.18. The third kappa shape index (κ3) is 4.60. The maximum Gasteiger partial charge on any atom is 0.339 e. The lowest BCUT2D eigenvalue weighted by Gasteiger charge is -2.08. The number of carbonyl (C=O) groups excluding carboxylic acids is 1. The van der Waals surface area contributed by atoms with E-state index in [4.69, 9.17) is 9.84 Å². The molecule has 2 aromatic rings. The molecule has 0 aliphatic carbocycles. The van der Waals surface area contributed by atoms with Crippen molar-refractivity contribution in [3.8, 4) is 11.5 Å². The summed E-state index contributed by atoms with van der Waals surface area (Å²) in [5, 5.41) is 19.3.